The number of carbonyl (C=O) groups excluding carboxylic acids is 1. The van der Waals surface area contributed by atoms with E-state index < -0.39 is 10.9 Å². The van der Waals surface area contributed by atoms with Crippen LogP contribution in [0.1, 0.15) is 10.4 Å². The molecule has 0 unspecified atom stereocenters. The van der Waals surface area contributed by atoms with Crippen molar-refractivity contribution >= 4 is 23.0 Å². The first kappa shape index (κ1) is 16.8. The summed E-state index contributed by atoms with van der Waals surface area (Å²) in [5.74, 6) is -0.698. The van der Waals surface area contributed by atoms with Crippen LogP contribution < -0.4 is 9.80 Å². The minimum Gasteiger partial charge on any atom is -0.465 e. The molecule has 0 bridgehead atoms. The molecule has 0 spiro atoms. The summed E-state index contributed by atoms with van der Waals surface area (Å²) in [6.07, 6.45) is 0. The molecule has 0 radical (unpaired) electrons. The Balaban J connectivity index is 1.77. The van der Waals surface area contributed by atoms with Crippen LogP contribution in [0.25, 0.3) is 0 Å². The van der Waals surface area contributed by atoms with Gasteiger partial charge in [0.2, 0.25) is 0 Å². The highest BCUT2D eigenvalue weighted by atomic mass is 16.6. The van der Waals surface area contributed by atoms with Crippen LogP contribution in [0.5, 0.6) is 0 Å². The maximum atomic E-state index is 11.9. The van der Waals surface area contributed by atoms with Crippen molar-refractivity contribution in [1.82, 2.24) is 0 Å². The van der Waals surface area contributed by atoms with Gasteiger partial charge in [-0.25, -0.2) is 4.79 Å². The van der Waals surface area contributed by atoms with Crippen LogP contribution in [-0.4, -0.2) is 44.2 Å². The van der Waals surface area contributed by atoms with Crippen molar-refractivity contribution in [2.45, 2.75) is 0 Å². The van der Waals surface area contributed by atoms with E-state index in [0.29, 0.717) is 0 Å². The Bertz CT molecular complexity index is 771. The molecule has 1 saturated heterocycles. The minimum atomic E-state index is -0.698. The van der Waals surface area contributed by atoms with Gasteiger partial charge in [-0.1, -0.05) is 18.2 Å². The maximum absolute atomic E-state index is 11.9. The molecule has 1 aliphatic rings. The lowest BCUT2D eigenvalue weighted by molar-refractivity contribution is -0.385. The number of hydrogen-bond donors (Lipinski definition) is 0. The molecule has 0 amide bonds. The second-order valence-corrected chi connectivity index (χ2v) is 5.76. The zero-order valence-electron chi connectivity index (χ0n) is 13.9. The number of nitro groups is 1. The van der Waals surface area contributed by atoms with Gasteiger partial charge in [-0.15, -0.1) is 0 Å². The van der Waals surface area contributed by atoms with Gasteiger partial charge < -0.3 is 14.5 Å². The Labute approximate surface area is 145 Å². The Morgan fingerprint density at radius 3 is 2.16 bits per heavy atom. The Morgan fingerprint density at radius 1 is 1.00 bits per heavy atom. The predicted octanol–water partition coefficient (Wildman–Crippen LogP) is 2.71. The average molecular weight is 341 g/mol. The number of para-hydroxylation sites is 1. The number of methoxy groups -OCH3 is 1. The predicted molar refractivity (Wildman–Crippen MR) is 95.3 cm³/mol. The first-order valence-corrected chi connectivity index (χ1v) is 8.02. The van der Waals surface area contributed by atoms with E-state index in [0.717, 1.165) is 31.9 Å². The maximum Gasteiger partial charge on any atom is 0.344 e. The lowest BCUT2D eigenvalue weighted by Crippen LogP contribution is -2.46. The fraction of sp³-hybridized carbons (Fsp3) is 0.278. The second kappa shape index (κ2) is 7.21. The Hall–Kier alpha value is -3.09. The monoisotopic (exact) mass is 341 g/mol. The average Bonchev–Trinajstić information content (AvgIpc) is 2.67. The number of benzene rings is 2. The third-order valence-corrected chi connectivity index (χ3v) is 4.35. The van der Waals surface area contributed by atoms with Crippen molar-refractivity contribution in [3.05, 3.63) is 64.2 Å². The van der Waals surface area contributed by atoms with Crippen LogP contribution in [0, 0.1) is 10.1 Å². The van der Waals surface area contributed by atoms with Gasteiger partial charge in [-0.05, 0) is 24.3 Å². The third kappa shape index (κ3) is 3.55. The van der Waals surface area contributed by atoms with Gasteiger partial charge in [-0.3, -0.25) is 10.1 Å². The smallest absolute Gasteiger partial charge is 0.344 e. The summed E-state index contributed by atoms with van der Waals surface area (Å²) in [7, 11) is 1.22. The zero-order valence-corrected chi connectivity index (χ0v) is 13.9. The molecule has 25 heavy (non-hydrogen) atoms. The van der Waals surface area contributed by atoms with E-state index in [2.05, 4.69) is 26.7 Å². The SMILES string of the molecule is COC(=O)c1cc(N2CCN(c3ccccc3)CC2)ccc1[N+](=O)[O-]. The van der Waals surface area contributed by atoms with E-state index in [1.54, 1.807) is 12.1 Å². The normalized spacial score (nSPS) is 14.3. The molecule has 0 atom stereocenters. The fourth-order valence-corrected chi connectivity index (χ4v) is 3.02. The number of nitro benzene ring substituents is 1. The summed E-state index contributed by atoms with van der Waals surface area (Å²) in [6.45, 7) is 3.23. The molecule has 1 fully saturated rings. The fourth-order valence-electron chi connectivity index (χ4n) is 3.02. The number of ether oxygens (including phenoxy) is 1. The van der Waals surface area contributed by atoms with Gasteiger partial charge in [0, 0.05) is 43.6 Å². The quantitative estimate of drug-likeness (QED) is 0.483. The highest BCUT2D eigenvalue weighted by Crippen LogP contribution is 2.27. The van der Waals surface area contributed by atoms with Crippen molar-refractivity contribution in [2.24, 2.45) is 0 Å². The molecule has 2 aromatic rings. The molecular formula is C18H19N3O4. The van der Waals surface area contributed by atoms with Crippen molar-refractivity contribution in [1.29, 1.82) is 0 Å². The molecule has 1 aliphatic heterocycles. The summed E-state index contributed by atoms with van der Waals surface area (Å²) in [5, 5.41) is 11.1. The van der Waals surface area contributed by atoms with Crippen LogP contribution in [-0.2, 0) is 4.74 Å². The molecule has 7 nitrogen and oxygen atoms in total. The molecule has 3 rings (SSSR count). The number of nitrogens with zero attached hydrogens (tertiary/aromatic N) is 3. The van der Waals surface area contributed by atoms with Crippen molar-refractivity contribution in [3.63, 3.8) is 0 Å². The first-order chi connectivity index (χ1) is 12.1. The molecule has 2 aromatic carbocycles. The van der Waals surface area contributed by atoms with Crippen molar-refractivity contribution in [3.8, 4) is 0 Å². The van der Waals surface area contributed by atoms with Crippen molar-refractivity contribution in [2.75, 3.05) is 43.1 Å². The number of piperazine rings is 1. The molecule has 0 aromatic heterocycles. The molecule has 7 heteroatoms. The van der Waals surface area contributed by atoms with Gasteiger partial charge >= 0.3 is 5.97 Å². The van der Waals surface area contributed by atoms with Crippen LogP contribution >= 0.6 is 0 Å². The number of carbonyl (C=O) groups is 1. The van der Waals surface area contributed by atoms with Gasteiger partial charge in [-0.2, -0.15) is 0 Å². The van der Waals surface area contributed by atoms with E-state index in [4.69, 9.17) is 0 Å². The lowest BCUT2D eigenvalue weighted by atomic mass is 10.1. The first-order valence-electron chi connectivity index (χ1n) is 8.02. The van der Waals surface area contributed by atoms with Crippen molar-refractivity contribution < 1.29 is 14.5 Å². The molecule has 0 saturated carbocycles. The summed E-state index contributed by atoms with van der Waals surface area (Å²) >= 11 is 0. The van der Waals surface area contributed by atoms with E-state index in [9.17, 15) is 14.9 Å². The Morgan fingerprint density at radius 2 is 1.60 bits per heavy atom. The van der Waals surface area contributed by atoms with E-state index >= 15 is 0 Å². The second-order valence-electron chi connectivity index (χ2n) is 5.76. The van der Waals surface area contributed by atoms with E-state index in [1.807, 2.05) is 18.2 Å². The van der Waals surface area contributed by atoms with Gasteiger partial charge in [0.05, 0.1) is 12.0 Å². The molecule has 130 valence electrons. The molecular weight excluding hydrogens is 322 g/mol. The van der Waals surface area contributed by atoms with Crippen LogP contribution in [0.2, 0.25) is 0 Å². The van der Waals surface area contributed by atoms with Crippen LogP contribution in [0.4, 0.5) is 17.1 Å². The summed E-state index contributed by atoms with van der Waals surface area (Å²) in [4.78, 5) is 26.8. The minimum absolute atomic E-state index is 0.0181. The third-order valence-electron chi connectivity index (χ3n) is 4.35. The molecule has 0 N–H and O–H groups in total. The van der Waals surface area contributed by atoms with Crippen LogP contribution in [0.15, 0.2) is 48.5 Å². The van der Waals surface area contributed by atoms with Crippen LogP contribution in [0.3, 0.4) is 0 Å². The standard InChI is InChI=1S/C18H19N3O4/c1-25-18(22)16-13-15(7-8-17(16)21(23)24)20-11-9-19(10-12-20)14-5-3-2-4-6-14/h2-8,13H,9-12H2,1H3. The zero-order chi connectivity index (χ0) is 17.8. The number of rotatable bonds is 4. The molecule has 1 heterocycles. The summed E-state index contributed by atoms with van der Waals surface area (Å²) in [5.41, 5.74) is 1.72. The summed E-state index contributed by atoms with van der Waals surface area (Å²) < 4.78 is 4.67. The number of anilines is 2. The van der Waals surface area contributed by atoms with Gasteiger partial charge in [0.15, 0.2) is 0 Å². The van der Waals surface area contributed by atoms with E-state index in [-0.39, 0.29) is 11.3 Å². The largest absolute Gasteiger partial charge is 0.465 e. The molecule has 0 aliphatic carbocycles. The lowest BCUT2D eigenvalue weighted by Gasteiger charge is -2.37. The van der Waals surface area contributed by atoms with Gasteiger partial charge in [0.1, 0.15) is 5.56 Å². The number of hydrogen-bond acceptors (Lipinski definition) is 6. The van der Waals surface area contributed by atoms with E-state index in [1.165, 1.54) is 18.9 Å². The Kier molecular flexibility index (Phi) is 4.83. The summed E-state index contributed by atoms with van der Waals surface area (Å²) in [6, 6.07) is 14.8. The topological polar surface area (TPSA) is 75.9 Å². The van der Waals surface area contributed by atoms with Gasteiger partial charge in [0.25, 0.3) is 5.69 Å². The highest BCUT2D eigenvalue weighted by molar-refractivity contribution is 5.95. The highest BCUT2D eigenvalue weighted by Gasteiger charge is 2.24. The number of esters is 1.